The van der Waals surface area contributed by atoms with Crippen LogP contribution in [0.5, 0.6) is 0 Å². The summed E-state index contributed by atoms with van der Waals surface area (Å²) in [4.78, 5) is 7.07. The monoisotopic (exact) mass is 268 g/mol. The SMILES string of the molecule is CC1CCCN(CCc2nc(C(C)(C)O)cs2)C1. The number of nitrogens with zero attached hydrogens (tertiary/aromatic N) is 2. The maximum Gasteiger partial charge on any atom is 0.102 e. The van der Waals surface area contributed by atoms with E-state index < -0.39 is 5.60 Å². The highest BCUT2D eigenvalue weighted by atomic mass is 32.1. The predicted octanol–water partition coefficient (Wildman–Crippen LogP) is 2.64. The Labute approximate surface area is 114 Å². The molecular weight excluding hydrogens is 244 g/mol. The average molecular weight is 268 g/mol. The zero-order valence-corrected chi connectivity index (χ0v) is 12.5. The molecule has 1 aliphatic rings. The van der Waals surface area contributed by atoms with Gasteiger partial charge in [-0.15, -0.1) is 11.3 Å². The second-order valence-electron chi connectivity index (χ2n) is 5.98. The molecule has 3 nitrogen and oxygen atoms in total. The Morgan fingerprint density at radius 3 is 2.94 bits per heavy atom. The van der Waals surface area contributed by atoms with E-state index in [9.17, 15) is 5.11 Å². The van der Waals surface area contributed by atoms with E-state index in [1.807, 2.05) is 5.38 Å². The summed E-state index contributed by atoms with van der Waals surface area (Å²) < 4.78 is 0. The third-order valence-corrected chi connectivity index (χ3v) is 4.47. The fraction of sp³-hybridized carbons (Fsp3) is 0.786. The summed E-state index contributed by atoms with van der Waals surface area (Å²) in [5, 5.41) is 13.0. The van der Waals surface area contributed by atoms with Crippen molar-refractivity contribution in [3.8, 4) is 0 Å². The molecule has 102 valence electrons. The second kappa shape index (κ2) is 5.68. The molecule has 1 fully saturated rings. The van der Waals surface area contributed by atoms with Crippen molar-refractivity contribution in [2.75, 3.05) is 19.6 Å². The van der Waals surface area contributed by atoms with Gasteiger partial charge >= 0.3 is 0 Å². The maximum absolute atomic E-state index is 9.89. The second-order valence-corrected chi connectivity index (χ2v) is 6.93. The van der Waals surface area contributed by atoms with Gasteiger partial charge in [0.1, 0.15) is 5.60 Å². The molecule has 1 unspecified atom stereocenters. The van der Waals surface area contributed by atoms with E-state index in [0.717, 1.165) is 29.6 Å². The van der Waals surface area contributed by atoms with Crippen LogP contribution in [0.3, 0.4) is 0 Å². The largest absolute Gasteiger partial charge is 0.384 e. The number of hydrogen-bond acceptors (Lipinski definition) is 4. The Morgan fingerprint density at radius 1 is 1.56 bits per heavy atom. The summed E-state index contributed by atoms with van der Waals surface area (Å²) in [6, 6.07) is 0. The minimum atomic E-state index is -0.811. The number of aliphatic hydroxyl groups is 1. The fourth-order valence-corrected chi connectivity index (χ4v) is 3.40. The standard InChI is InChI=1S/C14H24N2OS/c1-11-5-4-7-16(9-11)8-6-13-15-12(10-18-13)14(2,3)17/h10-11,17H,4-9H2,1-3H3. The van der Waals surface area contributed by atoms with Crippen molar-refractivity contribution in [3.05, 3.63) is 16.1 Å². The van der Waals surface area contributed by atoms with Gasteiger partial charge in [0.2, 0.25) is 0 Å². The summed E-state index contributed by atoms with van der Waals surface area (Å²) in [5.74, 6) is 0.835. The number of thiazole rings is 1. The van der Waals surface area contributed by atoms with Gasteiger partial charge in [-0.1, -0.05) is 6.92 Å². The van der Waals surface area contributed by atoms with Crippen LogP contribution in [-0.4, -0.2) is 34.6 Å². The van der Waals surface area contributed by atoms with Crippen LogP contribution in [0.1, 0.15) is 44.3 Å². The molecule has 1 aromatic rings. The number of hydrogen-bond donors (Lipinski definition) is 1. The van der Waals surface area contributed by atoms with Crippen molar-refractivity contribution >= 4 is 11.3 Å². The molecule has 1 saturated heterocycles. The molecule has 2 rings (SSSR count). The van der Waals surface area contributed by atoms with Gasteiger partial charge in [0, 0.05) is 24.9 Å². The Kier molecular flexibility index (Phi) is 4.41. The molecule has 0 spiro atoms. The Hall–Kier alpha value is -0.450. The van der Waals surface area contributed by atoms with Crippen molar-refractivity contribution in [2.45, 2.75) is 45.6 Å². The number of likely N-dealkylation sites (tertiary alicyclic amines) is 1. The lowest BCUT2D eigenvalue weighted by atomic mass is 10.0. The number of rotatable bonds is 4. The van der Waals surface area contributed by atoms with E-state index >= 15 is 0 Å². The lowest BCUT2D eigenvalue weighted by Gasteiger charge is -2.30. The molecule has 4 heteroatoms. The first-order valence-corrected chi connectivity index (χ1v) is 7.73. The molecule has 2 heterocycles. The summed E-state index contributed by atoms with van der Waals surface area (Å²) in [6.07, 6.45) is 3.71. The minimum Gasteiger partial charge on any atom is -0.384 e. The molecule has 1 N–H and O–H groups in total. The summed E-state index contributed by atoms with van der Waals surface area (Å²) in [6.45, 7) is 9.47. The molecule has 1 aliphatic heterocycles. The van der Waals surface area contributed by atoms with Gasteiger partial charge in [-0.2, -0.15) is 0 Å². The maximum atomic E-state index is 9.89. The third kappa shape index (κ3) is 3.77. The molecule has 0 amide bonds. The van der Waals surface area contributed by atoms with E-state index in [1.165, 1.54) is 25.9 Å². The molecular formula is C14H24N2OS. The van der Waals surface area contributed by atoms with Gasteiger partial charge in [-0.25, -0.2) is 4.98 Å². The van der Waals surface area contributed by atoms with Gasteiger partial charge in [0.05, 0.1) is 10.7 Å². The summed E-state index contributed by atoms with van der Waals surface area (Å²) >= 11 is 1.67. The van der Waals surface area contributed by atoms with Gasteiger partial charge in [-0.3, -0.25) is 0 Å². The highest BCUT2D eigenvalue weighted by Gasteiger charge is 2.20. The molecule has 0 radical (unpaired) electrons. The van der Waals surface area contributed by atoms with Crippen molar-refractivity contribution in [1.29, 1.82) is 0 Å². The summed E-state index contributed by atoms with van der Waals surface area (Å²) in [5.41, 5.74) is -0.0106. The minimum absolute atomic E-state index is 0.800. The van der Waals surface area contributed by atoms with Crippen molar-refractivity contribution in [1.82, 2.24) is 9.88 Å². The molecule has 18 heavy (non-hydrogen) atoms. The number of piperidine rings is 1. The quantitative estimate of drug-likeness (QED) is 0.912. The van der Waals surface area contributed by atoms with Crippen LogP contribution in [-0.2, 0) is 12.0 Å². The van der Waals surface area contributed by atoms with Gasteiger partial charge in [0.15, 0.2) is 0 Å². The normalized spacial score (nSPS) is 22.3. The zero-order valence-electron chi connectivity index (χ0n) is 11.6. The highest BCUT2D eigenvalue weighted by Crippen LogP contribution is 2.22. The number of aromatic nitrogens is 1. The summed E-state index contributed by atoms with van der Waals surface area (Å²) in [7, 11) is 0. The zero-order chi connectivity index (χ0) is 13.2. The Bertz CT molecular complexity index is 383. The van der Waals surface area contributed by atoms with Crippen LogP contribution < -0.4 is 0 Å². The first-order chi connectivity index (χ1) is 8.45. The van der Waals surface area contributed by atoms with Crippen molar-refractivity contribution < 1.29 is 5.11 Å². The van der Waals surface area contributed by atoms with E-state index in [-0.39, 0.29) is 0 Å². The van der Waals surface area contributed by atoms with Crippen LogP contribution in [0.25, 0.3) is 0 Å². The van der Waals surface area contributed by atoms with Gasteiger partial charge < -0.3 is 10.0 Å². The molecule has 1 aromatic heterocycles. The molecule has 0 aliphatic carbocycles. The topological polar surface area (TPSA) is 36.4 Å². The van der Waals surface area contributed by atoms with E-state index in [4.69, 9.17) is 0 Å². The van der Waals surface area contributed by atoms with Crippen molar-refractivity contribution in [3.63, 3.8) is 0 Å². The van der Waals surface area contributed by atoms with Crippen LogP contribution in [0.15, 0.2) is 5.38 Å². The van der Waals surface area contributed by atoms with E-state index in [2.05, 4.69) is 16.8 Å². The molecule has 0 saturated carbocycles. The lowest BCUT2D eigenvalue weighted by Crippen LogP contribution is -2.35. The smallest absolute Gasteiger partial charge is 0.102 e. The molecule has 0 bridgehead atoms. The van der Waals surface area contributed by atoms with E-state index in [1.54, 1.807) is 25.2 Å². The third-order valence-electron chi connectivity index (χ3n) is 3.56. The highest BCUT2D eigenvalue weighted by molar-refractivity contribution is 7.09. The van der Waals surface area contributed by atoms with Gasteiger partial charge in [-0.05, 0) is 39.2 Å². The Balaban J connectivity index is 1.85. The van der Waals surface area contributed by atoms with Crippen LogP contribution in [0, 0.1) is 5.92 Å². The fourth-order valence-electron chi connectivity index (χ4n) is 2.45. The molecule has 0 aromatic carbocycles. The Morgan fingerprint density at radius 2 is 2.33 bits per heavy atom. The van der Waals surface area contributed by atoms with Crippen LogP contribution >= 0.6 is 11.3 Å². The average Bonchev–Trinajstić information content (AvgIpc) is 2.74. The lowest BCUT2D eigenvalue weighted by molar-refractivity contribution is 0.0743. The predicted molar refractivity (Wildman–Crippen MR) is 75.9 cm³/mol. The first kappa shape index (κ1) is 14.0. The van der Waals surface area contributed by atoms with Crippen LogP contribution in [0.4, 0.5) is 0 Å². The van der Waals surface area contributed by atoms with E-state index in [0.29, 0.717) is 0 Å². The van der Waals surface area contributed by atoms with Crippen LogP contribution in [0.2, 0.25) is 0 Å². The van der Waals surface area contributed by atoms with Crippen molar-refractivity contribution in [2.24, 2.45) is 5.92 Å². The molecule has 1 atom stereocenters. The van der Waals surface area contributed by atoms with Gasteiger partial charge in [0.25, 0.3) is 0 Å². The first-order valence-electron chi connectivity index (χ1n) is 6.85.